The van der Waals surface area contributed by atoms with Crippen LogP contribution in [0.1, 0.15) is 18.1 Å². The third-order valence-corrected chi connectivity index (χ3v) is 3.69. The number of benzene rings is 1. The fourth-order valence-corrected chi connectivity index (χ4v) is 2.25. The molecule has 0 N–H and O–H groups in total. The van der Waals surface area contributed by atoms with Gasteiger partial charge in [0.15, 0.2) is 0 Å². The molecule has 0 aliphatic carbocycles. The van der Waals surface area contributed by atoms with Crippen molar-refractivity contribution in [1.29, 1.82) is 0 Å². The molecule has 0 aliphatic rings. The normalized spacial score (nSPS) is 11.5. The fourth-order valence-electron chi connectivity index (χ4n) is 2.25. The molecule has 28 heavy (non-hydrogen) atoms. The van der Waals surface area contributed by atoms with Crippen molar-refractivity contribution < 1.29 is 22.7 Å². The van der Waals surface area contributed by atoms with Gasteiger partial charge in [-0.3, -0.25) is 0 Å². The first-order valence-corrected chi connectivity index (χ1v) is 8.43. The van der Waals surface area contributed by atoms with E-state index in [0.717, 1.165) is 17.1 Å². The van der Waals surface area contributed by atoms with E-state index in [2.05, 4.69) is 10.1 Å². The Bertz CT molecular complexity index is 866. The molecule has 1 heterocycles. The number of pyridine rings is 1. The van der Waals surface area contributed by atoms with E-state index >= 15 is 0 Å². The standard InChI is InChI=1S/C19H21F3N4O2/c1-5-28-18(27)26(4)23-12-13-7-6-8-14(9-13)16-10-15(19(20,21)22)11-17(24-16)25(2)3/h6-12H,5H2,1-4H3/b23-12+. The molecule has 0 saturated carbocycles. The van der Waals surface area contributed by atoms with E-state index in [4.69, 9.17) is 4.74 Å². The van der Waals surface area contributed by atoms with Crippen LogP contribution < -0.4 is 4.90 Å². The number of hydrazone groups is 1. The van der Waals surface area contributed by atoms with Gasteiger partial charge in [0.05, 0.1) is 24.1 Å². The number of rotatable bonds is 5. The maximum Gasteiger partial charge on any atom is 0.430 e. The lowest BCUT2D eigenvalue weighted by atomic mass is 10.1. The zero-order valence-electron chi connectivity index (χ0n) is 16.0. The van der Waals surface area contributed by atoms with Gasteiger partial charge >= 0.3 is 12.3 Å². The van der Waals surface area contributed by atoms with Crippen LogP contribution in [0.5, 0.6) is 0 Å². The number of halogens is 3. The molecule has 1 amide bonds. The summed E-state index contributed by atoms with van der Waals surface area (Å²) in [7, 11) is 4.69. The van der Waals surface area contributed by atoms with Crippen molar-refractivity contribution in [2.75, 3.05) is 32.6 Å². The Labute approximate surface area is 161 Å². The van der Waals surface area contributed by atoms with Crippen LogP contribution in [-0.4, -0.2) is 50.1 Å². The number of carbonyl (C=O) groups is 1. The lowest BCUT2D eigenvalue weighted by Crippen LogP contribution is -2.22. The van der Waals surface area contributed by atoms with Crippen LogP contribution in [0.3, 0.4) is 0 Å². The molecular weight excluding hydrogens is 373 g/mol. The molecule has 0 unspecified atom stereocenters. The van der Waals surface area contributed by atoms with Gasteiger partial charge in [0.2, 0.25) is 0 Å². The van der Waals surface area contributed by atoms with Crippen LogP contribution >= 0.6 is 0 Å². The SMILES string of the molecule is CCOC(=O)N(C)/N=C/c1cccc(-c2cc(C(F)(F)F)cc(N(C)C)n2)c1. The highest BCUT2D eigenvalue weighted by Gasteiger charge is 2.32. The third-order valence-electron chi connectivity index (χ3n) is 3.69. The monoisotopic (exact) mass is 394 g/mol. The van der Waals surface area contributed by atoms with E-state index in [-0.39, 0.29) is 18.1 Å². The van der Waals surface area contributed by atoms with Crippen molar-refractivity contribution in [3.63, 3.8) is 0 Å². The number of ether oxygens (including phenoxy) is 1. The van der Waals surface area contributed by atoms with Crippen LogP contribution in [0, 0.1) is 0 Å². The average molecular weight is 394 g/mol. The first-order chi connectivity index (χ1) is 13.1. The number of alkyl halides is 3. The predicted molar refractivity (Wildman–Crippen MR) is 101 cm³/mol. The van der Waals surface area contributed by atoms with Gasteiger partial charge in [-0.15, -0.1) is 0 Å². The third kappa shape index (κ3) is 5.45. The molecule has 150 valence electrons. The van der Waals surface area contributed by atoms with Gasteiger partial charge in [-0.1, -0.05) is 18.2 Å². The molecule has 0 spiro atoms. The molecule has 0 fully saturated rings. The molecule has 6 nitrogen and oxygen atoms in total. The summed E-state index contributed by atoms with van der Waals surface area (Å²) in [5.74, 6) is 0.200. The van der Waals surface area contributed by atoms with Gasteiger partial charge < -0.3 is 9.64 Å². The maximum atomic E-state index is 13.2. The zero-order chi connectivity index (χ0) is 20.9. The highest BCUT2D eigenvalue weighted by molar-refractivity contribution is 5.83. The van der Waals surface area contributed by atoms with E-state index in [1.54, 1.807) is 45.3 Å². The Morgan fingerprint density at radius 1 is 1.21 bits per heavy atom. The minimum Gasteiger partial charge on any atom is -0.448 e. The van der Waals surface area contributed by atoms with E-state index in [1.165, 1.54) is 18.2 Å². The number of hydrogen-bond donors (Lipinski definition) is 0. The second-order valence-electron chi connectivity index (χ2n) is 6.08. The summed E-state index contributed by atoms with van der Waals surface area (Å²) in [5, 5.41) is 5.01. The van der Waals surface area contributed by atoms with Gasteiger partial charge in [-0.2, -0.15) is 18.3 Å². The summed E-state index contributed by atoms with van der Waals surface area (Å²) in [6.45, 7) is 1.91. The van der Waals surface area contributed by atoms with Crippen molar-refractivity contribution in [3.05, 3.63) is 47.5 Å². The molecule has 2 rings (SSSR count). The van der Waals surface area contributed by atoms with Gasteiger partial charge in [0.25, 0.3) is 0 Å². The van der Waals surface area contributed by atoms with E-state index in [9.17, 15) is 18.0 Å². The molecule has 0 saturated heterocycles. The molecule has 1 aromatic heterocycles. The Kier molecular flexibility index (Phi) is 6.61. The molecule has 0 aliphatic heterocycles. The Hall–Kier alpha value is -3.10. The largest absolute Gasteiger partial charge is 0.448 e. The Balaban J connectivity index is 2.38. The predicted octanol–water partition coefficient (Wildman–Crippen LogP) is 4.26. The molecule has 2 aromatic rings. The van der Waals surface area contributed by atoms with E-state index < -0.39 is 17.8 Å². The number of amides is 1. The maximum absolute atomic E-state index is 13.2. The van der Waals surface area contributed by atoms with Crippen molar-refractivity contribution in [2.24, 2.45) is 5.10 Å². The quantitative estimate of drug-likeness (QED) is 0.562. The van der Waals surface area contributed by atoms with Crippen molar-refractivity contribution in [1.82, 2.24) is 9.99 Å². The van der Waals surface area contributed by atoms with E-state index in [1.807, 2.05) is 0 Å². The first kappa shape index (κ1) is 21.2. The van der Waals surface area contributed by atoms with Gasteiger partial charge in [0, 0.05) is 26.7 Å². The van der Waals surface area contributed by atoms with Crippen molar-refractivity contribution in [2.45, 2.75) is 13.1 Å². The summed E-state index contributed by atoms with van der Waals surface area (Å²) < 4.78 is 44.5. The van der Waals surface area contributed by atoms with Gasteiger partial charge in [0.1, 0.15) is 5.82 Å². The average Bonchev–Trinajstić information content (AvgIpc) is 2.65. The van der Waals surface area contributed by atoms with Crippen LogP contribution in [0.4, 0.5) is 23.8 Å². The highest BCUT2D eigenvalue weighted by atomic mass is 19.4. The topological polar surface area (TPSA) is 58.0 Å². The molecule has 9 heteroatoms. The summed E-state index contributed by atoms with van der Waals surface area (Å²) in [4.78, 5) is 17.4. The summed E-state index contributed by atoms with van der Waals surface area (Å²) in [5.41, 5.74) is 0.506. The summed E-state index contributed by atoms with van der Waals surface area (Å²) in [6.07, 6.45) is -3.67. The number of nitrogens with zero attached hydrogens (tertiary/aromatic N) is 4. The molecule has 0 atom stereocenters. The lowest BCUT2D eigenvalue weighted by molar-refractivity contribution is -0.137. The minimum absolute atomic E-state index is 0.188. The number of hydrogen-bond acceptors (Lipinski definition) is 5. The van der Waals surface area contributed by atoms with Crippen LogP contribution in [0.2, 0.25) is 0 Å². The van der Waals surface area contributed by atoms with Gasteiger partial charge in [-0.25, -0.2) is 14.8 Å². The number of carbonyl (C=O) groups excluding carboxylic acids is 1. The number of aromatic nitrogens is 1. The highest BCUT2D eigenvalue weighted by Crippen LogP contribution is 2.33. The Morgan fingerprint density at radius 2 is 1.93 bits per heavy atom. The van der Waals surface area contributed by atoms with Crippen molar-refractivity contribution >= 4 is 18.1 Å². The summed E-state index contributed by atoms with van der Waals surface area (Å²) in [6, 6.07) is 8.71. The summed E-state index contributed by atoms with van der Waals surface area (Å²) >= 11 is 0. The van der Waals surface area contributed by atoms with Crippen LogP contribution in [-0.2, 0) is 10.9 Å². The fraction of sp³-hybridized carbons (Fsp3) is 0.316. The number of anilines is 1. The Morgan fingerprint density at radius 3 is 2.54 bits per heavy atom. The van der Waals surface area contributed by atoms with Crippen LogP contribution in [0.25, 0.3) is 11.3 Å². The van der Waals surface area contributed by atoms with Crippen LogP contribution in [0.15, 0.2) is 41.5 Å². The van der Waals surface area contributed by atoms with E-state index in [0.29, 0.717) is 11.1 Å². The second kappa shape index (κ2) is 8.73. The molecular formula is C19H21F3N4O2. The molecule has 0 radical (unpaired) electrons. The zero-order valence-corrected chi connectivity index (χ0v) is 16.0. The van der Waals surface area contributed by atoms with Gasteiger partial charge in [-0.05, 0) is 30.7 Å². The smallest absolute Gasteiger partial charge is 0.430 e. The second-order valence-corrected chi connectivity index (χ2v) is 6.08. The molecule has 0 bridgehead atoms. The van der Waals surface area contributed by atoms with Crippen molar-refractivity contribution in [3.8, 4) is 11.3 Å². The lowest BCUT2D eigenvalue weighted by Gasteiger charge is -2.16. The molecule has 1 aromatic carbocycles. The first-order valence-electron chi connectivity index (χ1n) is 8.43. The minimum atomic E-state index is -4.48.